The van der Waals surface area contributed by atoms with Gasteiger partial charge in [-0.25, -0.2) is 0 Å². The Morgan fingerprint density at radius 1 is 1.36 bits per heavy atom. The third kappa shape index (κ3) is 4.31. The standard InChI is InChI=1S/C18H29N3O/c1-4-20(14(2)3)12-15-7-9-16(10-8-15)18(22)21-11-5-6-17(19)13-21/h7-10,14,17H,4-6,11-13,19H2,1-3H3. The quantitative estimate of drug-likeness (QED) is 0.909. The molecule has 2 rings (SSSR count). The number of carbonyl (C=O) groups is 1. The fourth-order valence-corrected chi connectivity index (χ4v) is 3.02. The molecule has 4 heteroatoms. The van der Waals surface area contributed by atoms with Crippen LogP contribution < -0.4 is 5.73 Å². The van der Waals surface area contributed by atoms with E-state index in [1.165, 1.54) is 5.56 Å². The number of likely N-dealkylation sites (tertiary alicyclic amines) is 1. The molecule has 2 N–H and O–H groups in total. The van der Waals surface area contributed by atoms with Crippen molar-refractivity contribution in [2.75, 3.05) is 19.6 Å². The summed E-state index contributed by atoms with van der Waals surface area (Å²) in [5, 5.41) is 0. The first kappa shape index (κ1) is 17.0. The zero-order valence-electron chi connectivity index (χ0n) is 14.1. The van der Waals surface area contributed by atoms with Gasteiger partial charge in [-0.1, -0.05) is 19.1 Å². The molecule has 0 saturated carbocycles. The highest BCUT2D eigenvalue weighted by molar-refractivity contribution is 5.94. The van der Waals surface area contributed by atoms with Gasteiger partial charge in [-0.2, -0.15) is 0 Å². The van der Waals surface area contributed by atoms with Gasteiger partial charge < -0.3 is 10.6 Å². The van der Waals surface area contributed by atoms with E-state index in [2.05, 4.69) is 37.8 Å². The van der Waals surface area contributed by atoms with Crippen molar-refractivity contribution in [3.8, 4) is 0 Å². The Morgan fingerprint density at radius 3 is 2.59 bits per heavy atom. The minimum absolute atomic E-state index is 0.109. The van der Waals surface area contributed by atoms with E-state index in [0.717, 1.165) is 38.0 Å². The number of rotatable bonds is 5. The summed E-state index contributed by atoms with van der Waals surface area (Å²) >= 11 is 0. The highest BCUT2D eigenvalue weighted by Crippen LogP contribution is 2.15. The number of amides is 1. The smallest absolute Gasteiger partial charge is 0.253 e. The normalized spacial score (nSPS) is 19.0. The first-order valence-electron chi connectivity index (χ1n) is 8.39. The molecule has 1 heterocycles. The summed E-state index contributed by atoms with van der Waals surface area (Å²) in [5.41, 5.74) is 7.99. The predicted octanol–water partition coefficient (Wildman–Crippen LogP) is 2.48. The van der Waals surface area contributed by atoms with Gasteiger partial charge in [0, 0.05) is 37.3 Å². The molecule has 0 bridgehead atoms. The van der Waals surface area contributed by atoms with Crippen molar-refractivity contribution in [2.45, 2.75) is 52.2 Å². The summed E-state index contributed by atoms with van der Waals surface area (Å²) in [4.78, 5) is 16.8. The SMILES string of the molecule is CCN(Cc1ccc(C(=O)N2CCCC(N)C2)cc1)C(C)C. The number of nitrogens with two attached hydrogens (primary N) is 1. The van der Waals surface area contributed by atoms with Crippen molar-refractivity contribution < 1.29 is 4.79 Å². The second kappa shape index (κ2) is 7.75. The molecule has 0 aliphatic carbocycles. The van der Waals surface area contributed by atoms with E-state index in [1.54, 1.807) is 0 Å². The summed E-state index contributed by atoms with van der Waals surface area (Å²) in [7, 11) is 0. The fourth-order valence-electron chi connectivity index (χ4n) is 3.02. The summed E-state index contributed by atoms with van der Waals surface area (Å²) in [6.07, 6.45) is 2.02. The van der Waals surface area contributed by atoms with E-state index in [-0.39, 0.29) is 11.9 Å². The van der Waals surface area contributed by atoms with Crippen LogP contribution in [0.25, 0.3) is 0 Å². The average Bonchev–Trinajstić information content (AvgIpc) is 2.52. The molecule has 1 fully saturated rings. The van der Waals surface area contributed by atoms with Gasteiger partial charge in [0.1, 0.15) is 0 Å². The van der Waals surface area contributed by atoms with E-state index in [1.807, 2.05) is 17.0 Å². The lowest BCUT2D eigenvalue weighted by Crippen LogP contribution is -2.45. The van der Waals surface area contributed by atoms with Crippen LogP contribution in [0.2, 0.25) is 0 Å². The van der Waals surface area contributed by atoms with Crippen LogP contribution >= 0.6 is 0 Å². The highest BCUT2D eigenvalue weighted by atomic mass is 16.2. The summed E-state index contributed by atoms with van der Waals surface area (Å²) in [6, 6.07) is 8.70. The number of benzene rings is 1. The molecule has 1 saturated heterocycles. The Balaban J connectivity index is 2.00. The zero-order valence-corrected chi connectivity index (χ0v) is 14.1. The topological polar surface area (TPSA) is 49.6 Å². The molecule has 1 aromatic rings. The Morgan fingerprint density at radius 2 is 2.05 bits per heavy atom. The molecular formula is C18H29N3O. The molecule has 1 unspecified atom stereocenters. The van der Waals surface area contributed by atoms with Gasteiger partial charge in [0.2, 0.25) is 0 Å². The monoisotopic (exact) mass is 303 g/mol. The third-order valence-electron chi connectivity index (χ3n) is 4.47. The van der Waals surface area contributed by atoms with Crippen molar-refractivity contribution in [1.82, 2.24) is 9.80 Å². The van der Waals surface area contributed by atoms with Gasteiger partial charge in [0.15, 0.2) is 0 Å². The summed E-state index contributed by atoms with van der Waals surface area (Å²) in [6.45, 7) is 10.1. The maximum Gasteiger partial charge on any atom is 0.253 e. The predicted molar refractivity (Wildman–Crippen MR) is 90.8 cm³/mol. The number of hydrogen-bond acceptors (Lipinski definition) is 3. The van der Waals surface area contributed by atoms with Crippen LogP contribution in [0, 0.1) is 0 Å². The van der Waals surface area contributed by atoms with Crippen LogP contribution in [0.5, 0.6) is 0 Å². The van der Waals surface area contributed by atoms with E-state index in [9.17, 15) is 4.79 Å². The van der Waals surface area contributed by atoms with Crippen molar-refractivity contribution >= 4 is 5.91 Å². The molecule has 1 aromatic carbocycles. The molecule has 1 aliphatic rings. The first-order chi connectivity index (χ1) is 10.5. The van der Waals surface area contributed by atoms with Gasteiger partial charge in [-0.15, -0.1) is 0 Å². The summed E-state index contributed by atoms with van der Waals surface area (Å²) in [5.74, 6) is 0.109. The number of hydrogen-bond donors (Lipinski definition) is 1. The molecule has 1 aliphatic heterocycles. The summed E-state index contributed by atoms with van der Waals surface area (Å²) < 4.78 is 0. The van der Waals surface area contributed by atoms with E-state index in [0.29, 0.717) is 12.6 Å². The van der Waals surface area contributed by atoms with Crippen molar-refractivity contribution in [3.05, 3.63) is 35.4 Å². The van der Waals surface area contributed by atoms with Crippen molar-refractivity contribution in [2.24, 2.45) is 5.73 Å². The maximum atomic E-state index is 12.5. The minimum atomic E-state index is 0.109. The molecule has 0 spiro atoms. The van der Waals surface area contributed by atoms with Crippen LogP contribution in [0.15, 0.2) is 24.3 Å². The number of carbonyl (C=O) groups excluding carboxylic acids is 1. The number of nitrogens with zero attached hydrogens (tertiary/aromatic N) is 2. The molecular weight excluding hydrogens is 274 g/mol. The lowest BCUT2D eigenvalue weighted by molar-refractivity contribution is 0.0709. The van der Waals surface area contributed by atoms with Crippen LogP contribution in [0.1, 0.15) is 49.5 Å². The lowest BCUT2D eigenvalue weighted by atomic mass is 10.0. The lowest BCUT2D eigenvalue weighted by Gasteiger charge is -2.31. The van der Waals surface area contributed by atoms with Crippen molar-refractivity contribution in [3.63, 3.8) is 0 Å². The molecule has 0 radical (unpaired) electrons. The molecule has 4 nitrogen and oxygen atoms in total. The van der Waals surface area contributed by atoms with Gasteiger partial charge in [0.05, 0.1) is 0 Å². The van der Waals surface area contributed by atoms with Crippen molar-refractivity contribution in [1.29, 1.82) is 0 Å². The number of piperidine rings is 1. The van der Waals surface area contributed by atoms with E-state index >= 15 is 0 Å². The second-order valence-corrected chi connectivity index (χ2v) is 6.51. The largest absolute Gasteiger partial charge is 0.337 e. The average molecular weight is 303 g/mol. The molecule has 1 atom stereocenters. The van der Waals surface area contributed by atoms with Crippen LogP contribution in [0.4, 0.5) is 0 Å². The second-order valence-electron chi connectivity index (χ2n) is 6.51. The molecule has 1 amide bonds. The van der Waals surface area contributed by atoms with Gasteiger partial charge in [-0.05, 0) is 50.9 Å². The van der Waals surface area contributed by atoms with Crippen LogP contribution in [-0.4, -0.2) is 47.4 Å². The maximum absolute atomic E-state index is 12.5. The Labute approximate surface area is 134 Å². The molecule has 122 valence electrons. The van der Waals surface area contributed by atoms with E-state index < -0.39 is 0 Å². The van der Waals surface area contributed by atoms with Crippen LogP contribution in [0.3, 0.4) is 0 Å². The Bertz CT molecular complexity index is 484. The fraction of sp³-hybridized carbons (Fsp3) is 0.611. The van der Waals surface area contributed by atoms with Crippen LogP contribution in [-0.2, 0) is 6.54 Å². The third-order valence-corrected chi connectivity index (χ3v) is 4.47. The minimum Gasteiger partial charge on any atom is -0.337 e. The zero-order chi connectivity index (χ0) is 16.1. The van der Waals surface area contributed by atoms with Gasteiger partial charge in [-0.3, -0.25) is 9.69 Å². The first-order valence-corrected chi connectivity index (χ1v) is 8.39. The van der Waals surface area contributed by atoms with Gasteiger partial charge >= 0.3 is 0 Å². The Kier molecular flexibility index (Phi) is 5.98. The molecule has 22 heavy (non-hydrogen) atoms. The van der Waals surface area contributed by atoms with E-state index in [4.69, 9.17) is 5.73 Å². The van der Waals surface area contributed by atoms with Gasteiger partial charge in [0.25, 0.3) is 5.91 Å². The molecule has 0 aromatic heterocycles. The highest BCUT2D eigenvalue weighted by Gasteiger charge is 2.22. The Hall–Kier alpha value is -1.39.